The summed E-state index contributed by atoms with van der Waals surface area (Å²) >= 11 is 9.21. The molecule has 0 amide bonds. The van der Waals surface area contributed by atoms with Crippen molar-refractivity contribution < 1.29 is 9.13 Å². The molecule has 1 nitrogen and oxygen atoms in total. The average Bonchev–Trinajstić information content (AvgIpc) is 2.34. The smallest absolute Gasteiger partial charge is 0.141 e. The lowest BCUT2D eigenvalue weighted by Crippen LogP contribution is -1.92. The number of benzene rings is 2. The number of rotatable bonds is 3. The van der Waals surface area contributed by atoms with Gasteiger partial charge in [-0.3, -0.25) is 0 Å². The minimum absolute atomic E-state index is 0.205. The Labute approximate surface area is 119 Å². The summed E-state index contributed by atoms with van der Waals surface area (Å²) in [6.07, 6.45) is 0. The number of ether oxygens (including phenoxy) is 1. The van der Waals surface area contributed by atoms with E-state index in [9.17, 15) is 4.39 Å². The van der Waals surface area contributed by atoms with Crippen molar-refractivity contribution in [2.24, 2.45) is 0 Å². The zero-order valence-electron chi connectivity index (χ0n) is 9.71. The molecule has 0 unspecified atom stereocenters. The van der Waals surface area contributed by atoms with E-state index in [1.165, 1.54) is 12.1 Å². The first-order chi connectivity index (χ1) is 8.60. The van der Waals surface area contributed by atoms with Crippen molar-refractivity contribution in [1.29, 1.82) is 0 Å². The molecule has 0 aliphatic carbocycles. The van der Waals surface area contributed by atoms with Gasteiger partial charge in [-0.2, -0.15) is 0 Å². The molecule has 2 aromatic carbocycles. The van der Waals surface area contributed by atoms with Crippen molar-refractivity contribution in [3.63, 3.8) is 0 Å². The van der Waals surface area contributed by atoms with Crippen molar-refractivity contribution in [2.75, 3.05) is 0 Å². The molecule has 2 aromatic rings. The Kier molecular flexibility index (Phi) is 4.25. The van der Waals surface area contributed by atoms with Crippen LogP contribution in [0.1, 0.15) is 11.1 Å². The molecule has 4 heteroatoms. The van der Waals surface area contributed by atoms with Gasteiger partial charge in [0.05, 0.1) is 10.4 Å². The zero-order chi connectivity index (χ0) is 13.1. The zero-order valence-corrected chi connectivity index (χ0v) is 12.1. The third kappa shape index (κ3) is 3.03. The van der Waals surface area contributed by atoms with Crippen molar-refractivity contribution in [3.05, 3.63) is 57.8 Å². The van der Waals surface area contributed by atoms with Crippen LogP contribution >= 0.6 is 27.5 Å². The Morgan fingerprint density at radius 1 is 1.17 bits per heavy atom. The highest BCUT2D eigenvalue weighted by atomic mass is 79.9. The van der Waals surface area contributed by atoms with Gasteiger partial charge in [0, 0.05) is 5.56 Å². The standard InChI is InChI=1S/C14H11BrClFO/c1-9-2-4-14(12(15)6-9)18-13-5-3-11(17)7-10(13)8-16/h2-7H,8H2,1H3. The van der Waals surface area contributed by atoms with Crippen molar-refractivity contribution in [2.45, 2.75) is 12.8 Å². The molecule has 0 atom stereocenters. The van der Waals surface area contributed by atoms with Gasteiger partial charge in [-0.05, 0) is 58.7 Å². The molecule has 0 aromatic heterocycles. The molecule has 0 saturated heterocycles. The van der Waals surface area contributed by atoms with Crippen LogP contribution in [0.5, 0.6) is 11.5 Å². The van der Waals surface area contributed by atoms with Gasteiger partial charge in [-0.1, -0.05) is 6.07 Å². The van der Waals surface area contributed by atoms with E-state index in [-0.39, 0.29) is 11.7 Å². The molecule has 0 bridgehead atoms. The molecule has 0 saturated carbocycles. The SMILES string of the molecule is Cc1ccc(Oc2ccc(F)cc2CCl)c(Br)c1. The highest BCUT2D eigenvalue weighted by Gasteiger charge is 2.08. The third-order valence-electron chi connectivity index (χ3n) is 2.47. The first-order valence-corrected chi connectivity index (χ1v) is 6.71. The fourth-order valence-corrected chi connectivity index (χ4v) is 2.34. The highest BCUT2D eigenvalue weighted by Crippen LogP contribution is 2.32. The van der Waals surface area contributed by atoms with Crippen LogP contribution in [-0.2, 0) is 5.88 Å². The fraction of sp³-hybridized carbons (Fsp3) is 0.143. The average molecular weight is 330 g/mol. The molecule has 0 aliphatic heterocycles. The van der Waals surface area contributed by atoms with Gasteiger partial charge in [0.1, 0.15) is 17.3 Å². The number of alkyl halides is 1. The molecule has 18 heavy (non-hydrogen) atoms. The Bertz CT molecular complexity index is 572. The first-order valence-electron chi connectivity index (χ1n) is 5.38. The van der Waals surface area contributed by atoms with Crippen molar-refractivity contribution in [3.8, 4) is 11.5 Å². The molecule has 0 heterocycles. The normalized spacial score (nSPS) is 10.4. The summed E-state index contributed by atoms with van der Waals surface area (Å²) in [5.74, 6) is 1.13. The van der Waals surface area contributed by atoms with Crippen LogP contribution in [0.25, 0.3) is 0 Å². The summed E-state index contributed by atoms with van der Waals surface area (Å²) in [7, 11) is 0. The van der Waals surface area contributed by atoms with Crippen LogP contribution in [0.15, 0.2) is 40.9 Å². The Balaban J connectivity index is 2.33. The number of hydrogen-bond donors (Lipinski definition) is 0. The highest BCUT2D eigenvalue weighted by molar-refractivity contribution is 9.10. The Morgan fingerprint density at radius 3 is 2.56 bits per heavy atom. The number of hydrogen-bond acceptors (Lipinski definition) is 1. The van der Waals surface area contributed by atoms with E-state index in [2.05, 4.69) is 15.9 Å². The second-order valence-corrected chi connectivity index (χ2v) is 5.04. The van der Waals surface area contributed by atoms with Gasteiger partial charge in [-0.25, -0.2) is 4.39 Å². The van der Waals surface area contributed by atoms with Gasteiger partial charge < -0.3 is 4.74 Å². The van der Waals surface area contributed by atoms with Gasteiger partial charge in [-0.15, -0.1) is 11.6 Å². The summed E-state index contributed by atoms with van der Waals surface area (Å²) in [5, 5.41) is 0. The van der Waals surface area contributed by atoms with Crippen LogP contribution in [0, 0.1) is 12.7 Å². The van der Waals surface area contributed by atoms with E-state index in [4.69, 9.17) is 16.3 Å². The van der Waals surface area contributed by atoms with Crippen LogP contribution in [0.2, 0.25) is 0 Å². The lowest BCUT2D eigenvalue weighted by atomic mass is 10.2. The summed E-state index contributed by atoms with van der Waals surface area (Å²) < 4.78 is 19.7. The summed E-state index contributed by atoms with van der Waals surface area (Å²) in [4.78, 5) is 0. The maximum Gasteiger partial charge on any atom is 0.141 e. The van der Waals surface area contributed by atoms with Crippen LogP contribution < -0.4 is 4.74 Å². The molecule has 0 aliphatic rings. The molecule has 2 rings (SSSR count). The second kappa shape index (κ2) is 5.72. The summed E-state index contributed by atoms with van der Waals surface area (Å²) in [5.41, 5.74) is 1.76. The topological polar surface area (TPSA) is 9.23 Å². The van der Waals surface area contributed by atoms with E-state index >= 15 is 0 Å². The van der Waals surface area contributed by atoms with E-state index in [0.29, 0.717) is 17.1 Å². The largest absolute Gasteiger partial charge is 0.456 e. The number of halogens is 3. The monoisotopic (exact) mass is 328 g/mol. The lowest BCUT2D eigenvalue weighted by molar-refractivity contribution is 0.473. The number of aryl methyl sites for hydroxylation is 1. The molecular weight excluding hydrogens is 319 g/mol. The molecule has 0 spiro atoms. The molecule has 0 radical (unpaired) electrons. The van der Waals surface area contributed by atoms with Crippen molar-refractivity contribution in [1.82, 2.24) is 0 Å². The molecular formula is C14H11BrClFO. The van der Waals surface area contributed by atoms with Gasteiger partial charge in [0.25, 0.3) is 0 Å². The minimum atomic E-state index is -0.319. The Hall–Kier alpha value is -1.06. The Morgan fingerprint density at radius 2 is 1.89 bits per heavy atom. The van der Waals surface area contributed by atoms with E-state index in [1.54, 1.807) is 6.07 Å². The van der Waals surface area contributed by atoms with E-state index in [1.807, 2.05) is 25.1 Å². The minimum Gasteiger partial charge on any atom is -0.456 e. The lowest BCUT2D eigenvalue weighted by Gasteiger charge is -2.11. The predicted octanol–water partition coefficient (Wildman–Crippen LogP) is 5.43. The van der Waals surface area contributed by atoms with Crippen LogP contribution in [0.4, 0.5) is 4.39 Å². The fourth-order valence-electron chi connectivity index (χ4n) is 1.56. The molecule has 94 valence electrons. The van der Waals surface area contributed by atoms with Gasteiger partial charge in [0.15, 0.2) is 0 Å². The van der Waals surface area contributed by atoms with Gasteiger partial charge in [0.2, 0.25) is 0 Å². The summed E-state index contributed by atoms with van der Waals surface area (Å²) in [6.45, 7) is 2.00. The second-order valence-electron chi connectivity index (χ2n) is 3.92. The van der Waals surface area contributed by atoms with Gasteiger partial charge >= 0.3 is 0 Å². The van der Waals surface area contributed by atoms with Crippen LogP contribution in [-0.4, -0.2) is 0 Å². The third-order valence-corrected chi connectivity index (χ3v) is 3.38. The van der Waals surface area contributed by atoms with E-state index in [0.717, 1.165) is 10.0 Å². The van der Waals surface area contributed by atoms with E-state index < -0.39 is 0 Å². The predicted molar refractivity (Wildman–Crippen MR) is 74.9 cm³/mol. The molecule has 0 N–H and O–H groups in total. The summed E-state index contributed by atoms with van der Waals surface area (Å²) in [6, 6.07) is 10.1. The van der Waals surface area contributed by atoms with Crippen LogP contribution in [0.3, 0.4) is 0 Å². The van der Waals surface area contributed by atoms with Crippen molar-refractivity contribution >= 4 is 27.5 Å². The molecule has 0 fully saturated rings. The first kappa shape index (κ1) is 13.4. The quantitative estimate of drug-likeness (QED) is 0.682. The maximum absolute atomic E-state index is 13.1. The maximum atomic E-state index is 13.1.